The van der Waals surface area contributed by atoms with Gasteiger partial charge in [-0.15, -0.1) is 0 Å². The summed E-state index contributed by atoms with van der Waals surface area (Å²) >= 11 is 2.65. The fourth-order valence-corrected chi connectivity index (χ4v) is 1.45. The monoisotopic (exact) mass is 300 g/mol. The molecule has 0 spiro atoms. The molecule has 86 valence electrons. The van der Waals surface area contributed by atoms with Gasteiger partial charge in [0.05, 0.1) is 10.0 Å². The van der Waals surface area contributed by atoms with Gasteiger partial charge in [0, 0.05) is 6.20 Å². The standard InChI is InChI=1S/C8H2BrF5N2/c9-4-2-16-6(7(10)11)5(3(4)1-15)8(12,13)14/h2,7H. The number of nitriles is 1. The van der Waals surface area contributed by atoms with E-state index in [4.69, 9.17) is 5.26 Å². The maximum absolute atomic E-state index is 12.5. The minimum atomic E-state index is -5.05. The first-order valence-electron chi connectivity index (χ1n) is 3.73. The lowest BCUT2D eigenvalue weighted by Gasteiger charge is -2.13. The summed E-state index contributed by atoms with van der Waals surface area (Å²) in [5.41, 5.74) is -4.02. The van der Waals surface area contributed by atoms with Crippen LogP contribution in [-0.2, 0) is 6.18 Å². The van der Waals surface area contributed by atoms with Crippen LogP contribution < -0.4 is 0 Å². The van der Waals surface area contributed by atoms with E-state index in [-0.39, 0.29) is 4.47 Å². The number of hydrogen-bond donors (Lipinski definition) is 0. The number of pyridine rings is 1. The van der Waals surface area contributed by atoms with Crippen LogP contribution in [0.1, 0.15) is 23.2 Å². The summed E-state index contributed by atoms with van der Waals surface area (Å²) in [4.78, 5) is 2.98. The fraction of sp³-hybridized carbons (Fsp3) is 0.250. The van der Waals surface area contributed by atoms with Crippen LogP contribution in [-0.4, -0.2) is 4.98 Å². The Hall–Kier alpha value is -1.23. The van der Waals surface area contributed by atoms with Gasteiger partial charge in [-0.3, -0.25) is 4.98 Å². The Morgan fingerprint density at radius 1 is 1.38 bits per heavy atom. The number of alkyl halides is 5. The molecule has 0 atom stereocenters. The summed E-state index contributed by atoms with van der Waals surface area (Å²) in [6.07, 6.45) is -7.69. The molecular weight excluding hydrogens is 299 g/mol. The highest BCUT2D eigenvalue weighted by atomic mass is 79.9. The van der Waals surface area contributed by atoms with Gasteiger partial charge < -0.3 is 0 Å². The fourth-order valence-electron chi connectivity index (χ4n) is 1.06. The molecule has 2 nitrogen and oxygen atoms in total. The predicted octanol–water partition coefficient (Wildman–Crippen LogP) is 3.67. The van der Waals surface area contributed by atoms with Gasteiger partial charge in [-0.25, -0.2) is 8.78 Å². The number of rotatable bonds is 1. The molecule has 0 aliphatic rings. The second kappa shape index (κ2) is 4.33. The van der Waals surface area contributed by atoms with Crippen LogP contribution >= 0.6 is 15.9 Å². The molecule has 0 aliphatic carbocycles. The van der Waals surface area contributed by atoms with Gasteiger partial charge in [-0.1, -0.05) is 0 Å². The third-order valence-electron chi connectivity index (χ3n) is 1.66. The highest BCUT2D eigenvalue weighted by molar-refractivity contribution is 9.10. The lowest BCUT2D eigenvalue weighted by Crippen LogP contribution is -2.14. The number of halogens is 6. The van der Waals surface area contributed by atoms with Crippen molar-refractivity contribution in [2.75, 3.05) is 0 Å². The van der Waals surface area contributed by atoms with Crippen molar-refractivity contribution in [2.24, 2.45) is 0 Å². The average molecular weight is 301 g/mol. The maximum Gasteiger partial charge on any atom is 0.419 e. The molecule has 8 heteroatoms. The molecule has 0 saturated heterocycles. The average Bonchev–Trinajstić information content (AvgIpc) is 2.15. The maximum atomic E-state index is 12.5. The minimum absolute atomic E-state index is 0.272. The third-order valence-corrected chi connectivity index (χ3v) is 2.27. The predicted molar refractivity (Wildman–Crippen MR) is 46.6 cm³/mol. The molecule has 1 heterocycles. The minimum Gasteiger partial charge on any atom is -0.253 e. The van der Waals surface area contributed by atoms with Crippen LogP contribution in [0, 0.1) is 11.3 Å². The molecule has 0 radical (unpaired) electrons. The second-order valence-electron chi connectivity index (χ2n) is 2.65. The molecule has 1 aromatic rings. The van der Waals surface area contributed by atoms with Gasteiger partial charge in [0.2, 0.25) is 0 Å². The van der Waals surface area contributed by atoms with E-state index in [1.165, 1.54) is 6.07 Å². The molecule has 0 N–H and O–H groups in total. The van der Waals surface area contributed by atoms with Crippen molar-refractivity contribution >= 4 is 15.9 Å². The van der Waals surface area contributed by atoms with E-state index in [9.17, 15) is 22.0 Å². The summed E-state index contributed by atoms with van der Waals surface area (Å²) in [6, 6.07) is 1.23. The SMILES string of the molecule is N#Cc1c(Br)cnc(C(F)F)c1C(F)(F)F. The highest BCUT2D eigenvalue weighted by Crippen LogP contribution is 2.39. The van der Waals surface area contributed by atoms with E-state index >= 15 is 0 Å². The van der Waals surface area contributed by atoms with Crippen LogP contribution in [0.15, 0.2) is 10.7 Å². The van der Waals surface area contributed by atoms with Crippen LogP contribution in [0.25, 0.3) is 0 Å². The first-order chi connectivity index (χ1) is 7.29. The summed E-state index contributed by atoms with van der Waals surface area (Å²) < 4.78 is 61.8. The van der Waals surface area contributed by atoms with Gasteiger partial charge in [0.1, 0.15) is 17.3 Å². The Bertz CT molecular complexity index is 449. The van der Waals surface area contributed by atoms with Crippen LogP contribution in [0.2, 0.25) is 0 Å². The van der Waals surface area contributed by atoms with E-state index in [1.807, 2.05) is 0 Å². The Labute approximate surface area is 94.8 Å². The zero-order valence-electron chi connectivity index (χ0n) is 7.32. The molecule has 0 aromatic carbocycles. The van der Waals surface area contributed by atoms with E-state index in [0.29, 0.717) is 0 Å². The Kier molecular flexibility index (Phi) is 3.48. The lowest BCUT2D eigenvalue weighted by molar-refractivity contribution is -0.140. The van der Waals surface area contributed by atoms with E-state index in [0.717, 1.165) is 6.20 Å². The molecule has 0 saturated carbocycles. The molecular formula is C8H2BrF5N2. The Balaban J connectivity index is 3.63. The van der Waals surface area contributed by atoms with Crippen molar-refractivity contribution in [3.05, 3.63) is 27.5 Å². The molecule has 1 rings (SSSR count). The van der Waals surface area contributed by atoms with Gasteiger partial charge in [0.25, 0.3) is 6.43 Å². The molecule has 0 fully saturated rings. The van der Waals surface area contributed by atoms with Gasteiger partial charge >= 0.3 is 6.18 Å². The lowest BCUT2D eigenvalue weighted by atomic mass is 10.1. The third kappa shape index (κ3) is 2.29. The van der Waals surface area contributed by atoms with Crippen LogP contribution in [0.3, 0.4) is 0 Å². The summed E-state index contributed by atoms with van der Waals surface area (Å²) in [6.45, 7) is 0. The summed E-state index contributed by atoms with van der Waals surface area (Å²) in [7, 11) is 0. The first kappa shape index (κ1) is 12.8. The van der Waals surface area contributed by atoms with Crippen molar-refractivity contribution in [1.29, 1.82) is 5.26 Å². The quantitative estimate of drug-likeness (QED) is 0.742. The molecule has 0 bridgehead atoms. The van der Waals surface area contributed by atoms with Crippen LogP contribution in [0.4, 0.5) is 22.0 Å². The van der Waals surface area contributed by atoms with Gasteiger partial charge in [-0.2, -0.15) is 18.4 Å². The Morgan fingerprint density at radius 2 is 1.94 bits per heavy atom. The first-order valence-corrected chi connectivity index (χ1v) is 4.52. The van der Waals surface area contributed by atoms with Crippen LogP contribution in [0.5, 0.6) is 0 Å². The van der Waals surface area contributed by atoms with Gasteiger partial charge in [0.15, 0.2) is 0 Å². The second-order valence-corrected chi connectivity index (χ2v) is 3.51. The van der Waals surface area contributed by atoms with Gasteiger partial charge in [-0.05, 0) is 15.9 Å². The largest absolute Gasteiger partial charge is 0.419 e. The summed E-state index contributed by atoms with van der Waals surface area (Å²) in [5.74, 6) is 0. The van der Waals surface area contributed by atoms with Crippen molar-refractivity contribution in [3.8, 4) is 6.07 Å². The number of aromatic nitrogens is 1. The van der Waals surface area contributed by atoms with E-state index in [1.54, 1.807) is 0 Å². The van der Waals surface area contributed by atoms with Crippen molar-refractivity contribution in [1.82, 2.24) is 4.98 Å². The van der Waals surface area contributed by atoms with Crippen molar-refractivity contribution in [2.45, 2.75) is 12.6 Å². The van der Waals surface area contributed by atoms with Crippen molar-refractivity contribution < 1.29 is 22.0 Å². The molecule has 16 heavy (non-hydrogen) atoms. The molecule has 0 amide bonds. The molecule has 1 aromatic heterocycles. The Morgan fingerprint density at radius 3 is 2.31 bits per heavy atom. The number of nitrogens with zero attached hydrogens (tertiary/aromatic N) is 2. The highest BCUT2D eigenvalue weighted by Gasteiger charge is 2.40. The van der Waals surface area contributed by atoms with Crippen molar-refractivity contribution in [3.63, 3.8) is 0 Å². The van der Waals surface area contributed by atoms with E-state index < -0.39 is 29.4 Å². The number of hydrogen-bond acceptors (Lipinski definition) is 2. The summed E-state index contributed by atoms with van der Waals surface area (Å²) in [5, 5.41) is 8.52. The topological polar surface area (TPSA) is 36.7 Å². The molecule has 0 aliphatic heterocycles. The smallest absolute Gasteiger partial charge is 0.253 e. The molecule has 0 unspecified atom stereocenters. The van der Waals surface area contributed by atoms with E-state index in [2.05, 4.69) is 20.9 Å². The zero-order valence-corrected chi connectivity index (χ0v) is 8.90. The zero-order chi connectivity index (χ0) is 12.5. The normalized spacial score (nSPS) is 11.6.